The molecule has 0 atom stereocenters. The maximum Gasteiger partial charge on any atom is 0.500 e. The third-order valence-electron chi connectivity index (χ3n) is 6.60. The molecule has 0 aromatic heterocycles. The predicted octanol–water partition coefficient (Wildman–Crippen LogP) is 8.44. The largest absolute Gasteiger partial charge is 0.500 e. The monoisotopic (exact) mass is 732 g/mol. The molecule has 0 aliphatic rings. The molecule has 0 rings (SSSR count). The van der Waals surface area contributed by atoms with Crippen LogP contribution in [-0.4, -0.2) is 91.7 Å². The van der Waals surface area contributed by atoms with Gasteiger partial charge in [-0.2, -0.15) is 0 Å². The third-order valence-corrected chi connectivity index (χ3v) is 27.1. The van der Waals surface area contributed by atoms with E-state index in [4.69, 9.17) is 38.9 Å². The molecule has 0 amide bonds. The molecular weight excluding hydrogens is 661 g/mol. The van der Waals surface area contributed by atoms with E-state index in [0.29, 0.717) is 39.6 Å². The molecule has 0 fully saturated rings. The Morgan fingerprint density at radius 3 is 0.864 bits per heavy atom. The van der Waals surface area contributed by atoms with Gasteiger partial charge in [-0.25, -0.2) is 0 Å². The average Bonchev–Trinajstić information content (AvgIpc) is 2.94. The second-order valence-electron chi connectivity index (χ2n) is 13.2. The van der Waals surface area contributed by atoms with Crippen molar-refractivity contribution in [2.24, 2.45) is 0 Å². The van der Waals surface area contributed by atoms with Crippen LogP contribution in [-0.2, 0) is 38.9 Å². The second-order valence-corrected chi connectivity index (χ2v) is 33.1. The predicted molar refractivity (Wildman–Crippen MR) is 197 cm³/mol. The molecule has 44 heavy (non-hydrogen) atoms. The van der Waals surface area contributed by atoms with Crippen LogP contribution in [0.1, 0.15) is 80.1 Å². The van der Waals surface area contributed by atoms with Crippen molar-refractivity contribution in [1.82, 2.24) is 0 Å². The molecule has 0 aromatic carbocycles. The van der Waals surface area contributed by atoms with Crippen LogP contribution in [0.4, 0.5) is 0 Å². The third kappa shape index (κ3) is 19.7. The van der Waals surface area contributed by atoms with Crippen LogP contribution in [0.15, 0.2) is 0 Å². The van der Waals surface area contributed by atoms with Gasteiger partial charge in [0.25, 0.3) is 0 Å². The Morgan fingerprint density at radius 2 is 0.659 bits per heavy atom. The van der Waals surface area contributed by atoms with Crippen molar-refractivity contribution in [3.63, 3.8) is 0 Å². The van der Waals surface area contributed by atoms with Crippen LogP contribution in [0.2, 0.25) is 70.0 Å². The summed E-state index contributed by atoms with van der Waals surface area (Å²) < 4.78 is 59.2. The molecule has 15 heteroatoms. The summed E-state index contributed by atoms with van der Waals surface area (Å²) >= 11 is 0. The van der Waals surface area contributed by atoms with Gasteiger partial charge in [-0.05, 0) is 89.9 Å². The van der Waals surface area contributed by atoms with Gasteiger partial charge in [0, 0.05) is 58.3 Å². The van der Waals surface area contributed by atoms with Gasteiger partial charge in [-0.3, -0.25) is 0 Å². The summed E-state index contributed by atoms with van der Waals surface area (Å²) in [6.45, 7) is 32.3. The molecule has 0 saturated heterocycles. The zero-order valence-electron chi connectivity index (χ0n) is 31.1. The van der Waals surface area contributed by atoms with Crippen molar-refractivity contribution < 1.29 is 38.9 Å². The van der Waals surface area contributed by atoms with E-state index < -0.39 is 52.1 Å². The normalized spacial score (nSPS) is 13.8. The summed E-state index contributed by atoms with van der Waals surface area (Å²) in [5.41, 5.74) is 0. The van der Waals surface area contributed by atoms with Crippen molar-refractivity contribution >= 4 is 52.1 Å². The van der Waals surface area contributed by atoms with E-state index in [1.165, 1.54) is 0 Å². The maximum atomic E-state index is 7.08. The van der Waals surface area contributed by atoms with E-state index in [0.717, 1.165) is 62.7 Å². The lowest BCUT2D eigenvalue weighted by Gasteiger charge is -2.42. The maximum absolute atomic E-state index is 7.08. The summed E-state index contributed by atoms with van der Waals surface area (Å²) in [4.78, 5) is 0. The molecule has 0 aliphatic carbocycles. The first-order chi connectivity index (χ1) is 20.6. The molecule has 0 heterocycles. The molecular formula is C29H72O9Si6. The highest BCUT2D eigenvalue weighted by molar-refractivity contribution is 6.88. The Hall–Kier alpha value is 0.941. The first-order valence-electron chi connectivity index (χ1n) is 17.5. The molecule has 0 aliphatic heterocycles. The SMILES string of the molecule is CCCO[Si](CC[Si](C)(C)O[Si](C)(O[SiH](C)C)O[Si](C)(C)CC[Si](OCCC)(OCCC)OCCC)(OCCC)OCCC. The van der Waals surface area contributed by atoms with Gasteiger partial charge in [-0.15, -0.1) is 0 Å². The fourth-order valence-electron chi connectivity index (χ4n) is 4.74. The zero-order valence-corrected chi connectivity index (χ0v) is 37.2. The van der Waals surface area contributed by atoms with Gasteiger partial charge in [-0.1, -0.05) is 41.5 Å². The number of hydrogen-bond donors (Lipinski definition) is 0. The van der Waals surface area contributed by atoms with Gasteiger partial charge in [0.1, 0.15) is 0 Å². The van der Waals surface area contributed by atoms with Crippen molar-refractivity contribution in [2.75, 3.05) is 39.6 Å². The lowest BCUT2D eigenvalue weighted by Crippen LogP contribution is -2.58. The highest BCUT2D eigenvalue weighted by Gasteiger charge is 2.50. The minimum absolute atomic E-state index is 0.649. The summed E-state index contributed by atoms with van der Waals surface area (Å²) in [6, 6.07) is 3.24. The van der Waals surface area contributed by atoms with Gasteiger partial charge >= 0.3 is 26.4 Å². The molecule has 0 aromatic rings. The summed E-state index contributed by atoms with van der Waals surface area (Å²) in [6.07, 6.45) is 5.60. The van der Waals surface area contributed by atoms with Gasteiger partial charge < -0.3 is 38.9 Å². The smallest absolute Gasteiger partial charge is 0.420 e. The molecule has 0 radical (unpaired) electrons. The van der Waals surface area contributed by atoms with Crippen molar-refractivity contribution in [3.05, 3.63) is 0 Å². The standard InChI is InChI=1S/C29H72O9Si6/c1-14-20-30-43(31-21-15-2,32-22-16-3)28-26-40(9,10)37-42(13,36-39(7)8)38-41(11,12)27-29-44(33-23-17-4,34-24-18-5)35-25-19-6/h39H,14-29H2,1-13H3. The fourth-order valence-corrected chi connectivity index (χ4v) is 30.5. The molecule has 9 nitrogen and oxygen atoms in total. The van der Waals surface area contributed by atoms with Crippen LogP contribution in [0, 0.1) is 0 Å². The molecule has 0 saturated carbocycles. The Balaban J connectivity index is 5.92. The summed E-state index contributed by atoms with van der Waals surface area (Å²) in [5.74, 6) is 0. The van der Waals surface area contributed by atoms with Crippen LogP contribution >= 0.6 is 0 Å². The fraction of sp³-hybridized carbons (Fsp3) is 1.00. The first-order valence-corrected chi connectivity index (χ1v) is 32.6. The molecule has 0 unspecified atom stereocenters. The lowest BCUT2D eigenvalue weighted by atomic mass is 10.5. The minimum Gasteiger partial charge on any atom is -0.420 e. The average molecular weight is 733 g/mol. The van der Waals surface area contributed by atoms with Crippen molar-refractivity contribution in [2.45, 2.75) is 150 Å². The van der Waals surface area contributed by atoms with E-state index in [-0.39, 0.29) is 0 Å². The van der Waals surface area contributed by atoms with Crippen LogP contribution < -0.4 is 0 Å². The van der Waals surface area contributed by atoms with Gasteiger partial charge in [0.2, 0.25) is 0 Å². The van der Waals surface area contributed by atoms with E-state index in [1.807, 2.05) is 0 Å². The lowest BCUT2D eigenvalue weighted by molar-refractivity contribution is 0.0596. The van der Waals surface area contributed by atoms with Crippen LogP contribution in [0.25, 0.3) is 0 Å². The Morgan fingerprint density at radius 1 is 0.409 bits per heavy atom. The van der Waals surface area contributed by atoms with E-state index in [9.17, 15) is 0 Å². The topological polar surface area (TPSA) is 83.1 Å². The summed E-state index contributed by atoms with van der Waals surface area (Å²) in [7, 11) is -14.6. The highest BCUT2D eigenvalue weighted by atomic mass is 28.5. The molecule has 0 N–H and O–H groups in total. The molecule has 0 spiro atoms. The summed E-state index contributed by atoms with van der Waals surface area (Å²) in [5, 5.41) is 0. The minimum atomic E-state index is -2.96. The highest BCUT2D eigenvalue weighted by Crippen LogP contribution is 2.32. The van der Waals surface area contributed by atoms with E-state index in [1.54, 1.807) is 0 Å². The van der Waals surface area contributed by atoms with Crippen LogP contribution in [0.5, 0.6) is 0 Å². The van der Waals surface area contributed by atoms with Crippen LogP contribution in [0.3, 0.4) is 0 Å². The number of rotatable bonds is 30. The Labute approximate surface area is 279 Å². The second kappa shape index (κ2) is 23.3. The van der Waals surface area contributed by atoms with Gasteiger partial charge in [0.15, 0.2) is 25.7 Å². The van der Waals surface area contributed by atoms with E-state index in [2.05, 4.69) is 87.4 Å². The van der Waals surface area contributed by atoms with Crippen molar-refractivity contribution in [1.29, 1.82) is 0 Å². The van der Waals surface area contributed by atoms with E-state index >= 15 is 0 Å². The molecule has 266 valence electrons. The van der Waals surface area contributed by atoms with Crippen molar-refractivity contribution in [3.8, 4) is 0 Å². The van der Waals surface area contributed by atoms with Gasteiger partial charge in [0.05, 0.1) is 0 Å². The quantitative estimate of drug-likeness (QED) is 0.0676. The Bertz CT molecular complexity index is 625. The number of hydrogen-bond acceptors (Lipinski definition) is 9. The Kier molecular flexibility index (Phi) is 23.8. The zero-order chi connectivity index (χ0) is 33.8. The first kappa shape index (κ1) is 44.9. The molecule has 0 bridgehead atoms.